The average Bonchev–Trinajstić information content (AvgIpc) is 3.22. The van der Waals surface area contributed by atoms with Gasteiger partial charge in [-0.15, -0.1) is 0 Å². The molecule has 0 spiro atoms. The van der Waals surface area contributed by atoms with Gasteiger partial charge in [-0.2, -0.15) is 5.10 Å². The molecule has 20 heavy (non-hydrogen) atoms. The Morgan fingerprint density at radius 3 is 2.75 bits per heavy atom. The van der Waals surface area contributed by atoms with E-state index < -0.39 is 0 Å². The van der Waals surface area contributed by atoms with E-state index in [-0.39, 0.29) is 11.9 Å². The first kappa shape index (κ1) is 13.4. The number of hydrogen-bond acceptors (Lipinski definition) is 4. The van der Waals surface area contributed by atoms with Crippen molar-refractivity contribution in [2.24, 2.45) is 5.92 Å². The van der Waals surface area contributed by atoms with E-state index in [1.807, 2.05) is 6.92 Å². The summed E-state index contributed by atoms with van der Waals surface area (Å²) in [6.07, 6.45) is 4.24. The molecule has 1 saturated heterocycles. The lowest BCUT2D eigenvalue weighted by Crippen LogP contribution is -2.40. The molecule has 2 aliphatic rings. The molecule has 2 fully saturated rings. The first-order valence-electron chi connectivity index (χ1n) is 7.39. The summed E-state index contributed by atoms with van der Waals surface area (Å²) in [4.78, 5) is 12.3. The molecule has 1 unspecified atom stereocenters. The predicted octanol–water partition coefficient (Wildman–Crippen LogP) is 1.41. The molecule has 1 aliphatic carbocycles. The zero-order chi connectivity index (χ0) is 14.1. The van der Waals surface area contributed by atoms with Crippen LogP contribution in [0.15, 0.2) is 0 Å². The van der Waals surface area contributed by atoms with Gasteiger partial charge >= 0.3 is 0 Å². The number of amides is 1. The molecule has 6 heteroatoms. The molecule has 4 N–H and O–H groups in total. The van der Waals surface area contributed by atoms with Gasteiger partial charge < -0.3 is 15.8 Å². The summed E-state index contributed by atoms with van der Waals surface area (Å²) in [6, 6.07) is 0.117. The van der Waals surface area contributed by atoms with Gasteiger partial charge in [-0.05, 0) is 38.5 Å². The predicted molar refractivity (Wildman–Crippen MR) is 75.4 cm³/mol. The van der Waals surface area contributed by atoms with Crippen molar-refractivity contribution in [2.45, 2.75) is 44.6 Å². The van der Waals surface area contributed by atoms with Crippen molar-refractivity contribution in [1.29, 1.82) is 0 Å². The Bertz CT molecular complexity index is 489. The fraction of sp³-hybridized carbons (Fsp3) is 0.714. The molecule has 1 atom stereocenters. The minimum atomic E-state index is -0.176. The molecule has 110 valence electrons. The van der Waals surface area contributed by atoms with Gasteiger partial charge in [0.1, 0.15) is 0 Å². The van der Waals surface area contributed by atoms with Crippen LogP contribution in [0.2, 0.25) is 0 Å². The number of carbonyl (C=O) groups is 1. The Kier molecular flexibility index (Phi) is 3.65. The van der Waals surface area contributed by atoms with Crippen LogP contribution < -0.4 is 11.1 Å². The maximum Gasteiger partial charge on any atom is 0.274 e. The standard InChI is InChI=1S/C14H22N4O2/c1-8(9-4-6-20-7-5-9)16-14(19)13-11(15)12(17-18-13)10-2-3-10/h8-10H,2-7,15H2,1H3,(H,16,19)(H,17,18). The van der Waals surface area contributed by atoms with Crippen LogP contribution in [-0.4, -0.2) is 35.4 Å². The second-order valence-electron chi connectivity index (χ2n) is 5.89. The Morgan fingerprint density at radius 1 is 1.40 bits per heavy atom. The molecule has 3 rings (SSSR count). The van der Waals surface area contributed by atoms with E-state index in [0.717, 1.165) is 44.6 Å². The Labute approximate surface area is 118 Å². The fourth-order valence-electron chi connectivity index (χ4n) is 2.83. The van der Waals surface area contributed by atoms with E-state index in [1.165, 1.54) is 0 Å². The summed E-state index contributed by atoms with van der Waals surface area (Å²) in [6.45, 7) is 3.60. The maximum atomic E-state index is 12.3. The van der Waals surface area contributed by atoms with Gasteiger partial charge in [0.2, 0.25) is 0 Å². The van der Waals surface area contributed by atoms with Crippen molar-refractivity contribution in [1.82, 2.24) is 15.5 Å². The lowest BCUT2D eigenvalue weighted by molar-refractivity contribution is 0.0537. The summed E-state index contributed by atoms with van der Waals surface area (Å²) >= 11 is 0. The second kappa shape index (κ2) is 5.44. The van der Waals surface area contributed by atoms with Crippen molar-refractivity contribution in [3.8, 4) is 0 Å². The molecule has 1 aromatic heterocycles. The lowest BCUT2D eigenvalue weighted by Gasteiger charge is -2.28. The first-order chi connectivity index (χ1) is 9.66. The van der Waals surface area contributed by atoms with Crippen LogP contribution in [0.4, 0.5) is 5.69 Å². The molecule has 0 radical (unpaired) electrons. The number of nitrogen functional groups attached to an aromatic ring is 1. The molecule has 2 heterocycles. The van der Waals surface area contributed by atoms with Crippen LogP contribution in [0.25, 0.3) is 0 Å². The van der Waals surface area contributed by atoms with E-state index in [4.69, 9.17) is 10.5 Å². The van der Waals surface area contributed by atoms with E-state index >= 15 is 0 Å². The molecule has 0 bridgehead atoms. The molecule has 6 nitrogen and oxygen atoms in total. The molecule has 1 aromatic rings. The third kappa shape index (κ3) is 2.65. The molecule has 1 amide bonds. The number of aromatic nitrogens is 2. The largest absolute Gasteiger partial charge is 0.395 e. The number of aromatic amines is 1. The topological polar surface area (TPSA) is 93.0 Å². The van der Waals surface area contributed by atoms with E-state index in [9.17, 15) is 4.79 Å². The number of rotatable bonds is 4. The number of ether oxygens (including phenoxy) is 1. The van der Waals surface area contributed by atoms with Gasteiger partial charge in [0.25, 0.3) is 5.91 Å². The molecular weight excluding hydrogens is 256 g/mol. The van der Waals surface area contributed by atoms with Crippen molar-refractivity contribution < 1.29 is 9.53 Å². The normalized spacial score (nSPS) is 21.6. The number of anilines is 1. The quantitative estimate of drug-likeness (QED) is 0.776. The number of H-pyrrole nitrogens is 1. The zero-order valence-corrected chi connectivity index (χ0v) is 11.8. The third-order valence-corrected chi connectivity index (χ3v) is 4.37. The van der Waals surface area contributed by atoms with Crippen LogP contribution in [0.3, 0.4) is 0 Å². The number of nitrogens with two attached hydrogens (primary N) is 1. The second-order valence-corrected chi connectivity index (χ2v) is 5.89. The van der Waals surface area contributed by atoms with Crippen LogP contribution in [0, 0.1) is 5.92 Å². The highest BCUT2D eigenvalue weighted by atomic mass is 16.5. The van der Waals surface area contributed by atoms with Crippen LogP contribution in [0.5, 0.6) is 0 Å². The van der Waals surface area contributed by atoms with Gasteiger partial charge in [-0.3, -0.25) is 9.89 Å². The molecule has 1 aliphatic heterocycles. The average molecular weight is 278 g/mol. The van der Waals surface area contributed by atoms with Gasteiger partial charge in [0.05, 0.1) is 11.4 Å². The molecule has 1 saturated carbocycles. The highest BCUT2D eigenvalue weighted by Gasteiger charge is 2.31. The van der Waals surface area contributed by atoms with Gasteiger partial charge in [-0.1, -0.05) is 0 Å². The van der Waals surface area contributed by atoms with Crippen molar-refractivity contribution >= 4 is 11.6 Å². The van der Waals surface area contributed by atoms with Crippen LogP contribution in [0.1, 0.15) is 54.7 Å². The van der Waals surface area contributed by atoms with Crippen molar-refractivity contribution in [3.63, 3.8) is 0 Å². The number of nitrogens with one attached hydrogen (secondary N) is 2. The van der Waals surface area contributed by atoms with Gasteiger partial charge in [0.15, 0.2) is 5.69 Å². The summed E-state index contributed by atoms with van der Waals surface area (Å²) in [5.74, 6) is 0.761. The van der Waals surface area contributed by atoms with Gasteiger partial charge in [-0.25, -0.2) is 0 Å². The number of carbonyl (C=O) groups excluding carboxylic acids is 1. The summed E-state index contributed by atoms with van der Waals surface area (Å²) in [7, 11) is 0. The highest BCUT2D eigenvalue weighted by Crippen LogP contribution is 2.42. The Morgan fingerprint density at radius 2 is 2.10 bits per heavy atom. The third-order valence-electron chi connectivity index (χ3n) is 4.37. The lowest BCUT2D eigenvalue weighted by atomic mass is 9.93. The summed E-state index contributed by atoms with van der Waals surface area (Å²) in [5.41, 5.74) is 7.81. The summed E-state index contributed by atoms with van der Waals surface area (Å²) in [5, 5.41) is 10.0. The monoisotopic (exact) mass is 278 g/mol. The van der Waals surface area contributed by atoms with Gasteiger partial charge in [0, 0.05) is 25.2 Å². The fourth-order valence-corrected chi connectivity index (χ4v) is 2.83. The summed E-state index contributed by atoms with van der Waals surface area (Å²) < 4.78 is 5.35. The minimum Gasteiger partial charge on any atom is -0.395 e. The zero-order valence-electron chi connectivity index (χ0n) is 11.8. The Balaban J connectivity index is 1.63. The van der Waals surface area contributed by atoms with Crippen molar-refractivity contribution in [3.05, 3.63) is 11.4 Å². The molecule has 0 aromatic carbocycles. The first-order valence-corrected chi connectivity index (χ1v) is 7.39. The molecular formula is C14H22N4O2. The SMILES string of the molecule is CC(NC(=O)c1n[nH]c(C2CC2)c1N)C1CCOCC1. The van der Waals surface area contributed by atoms with E-state index in [2.05, 4.69) is 15.5 Å². The van der Waals surface area contributed by atoms with Crippen LogP contribution >= 0.6 is 0 Å². The minimum absolute atomic E-state index is 0.117. The van der Waals surface area contributed by atoms with E-state index in [0.29, 0.717) is 23.2 Å². The Hall–Kier alpha value is -1.56. The maximum absolute atomic E-state index is 12.3. The number of hydrogen-bond donors (Lipinski definition) is 3. The van der Waals surface area contributed by atoms with Crippen molar-refractivity contribution in [2.75, 3.05) is 18.9 Å². The smallest absolute Gasteiger partial charge is 0.274 e. The number of nitrogens with zero attached hydrogens (tertiary/aromatic N) is 1. The van der Waals surface area contributed by atoms with Crippen LogP contribution in [-0.2, 0) is 4.74 Å². The highest BCUT2D eigenvalue weighted by molar-refractivity contribution is 5.97. The van der Waals surface area contributed by atoms with E-state index in [1.54, 1.807) is 0 Å².